The van der Waals surface area contributed by atoms with Gasteiger partial charge in [-0.15, -0.1) is 0 Å². The fourth-order valence-corrected chi connectivity index (χ4v) is 1.94. The third kappa shape index (κ3) is 6.36. The van der Waals surface area contributed by atoms with Gasteiger partial charge in [0.25, 0.3) is 0 Å². The Labute approximate surface area is 121 Å². The van der Waals surface area contributed by atoms with E-state index in [1.54, 1.807) is 11.8 Å². The highest BCUT2D eigenvalue weighted by atomic mass is 16.2. The normalized spacial score (nSPS) is 10.4. The third-order valence-electron chi connectivity index (χ3n) is 2.97. The molecule has 0 aromatic heterocycles. The molecule has 0 bridgehead atoms. The van der Waals surface area contributed by atoms with Gasteiger partial charge in [-0.05, 0) is 11.5 Å². The zero-order chi connectivity index (χ0) is 15.0. The number of nitrogens with zero attached hydrogens (tertiary/aromatic N) is 1. The number of carbonyl (C=O) groups is 2. The lowest BCUT2D eigenvalue weighted by Crippen LogP contribution is -2.36. The largest absolute Gasteiger partial charge is 0.352 e. The van der Waals surface area contributed by atoms with E-state index in [0.717, 1.165) is 5.56 Å². The second kappa shape index (κ2) is 8.35. The van der Waals surface area contributed by atoms with E-state index in [-0.39, 0.29) is 11.8 Å². The maximum atomic E-state index is 11.8. The predicted molar refractivity (Wildman–Crippen MR) is 80.0 cm³/mol. The number of rotatable bonds is 7. The molecule has 0 radical (unpaired) electrons. The van der Waals surface area contributed by atoms with Gasteiger partial charge >= 0.3 is 0 Å². The quantitative estimate of drug-likeness (QED) is 0.830. The average Bonchev–Trinajstić information content (AvgIpc) is 2.41. The number of amides is 2. The van der Waals surface area contributed by atoms with Crippen LogP contribution in [-0.4, -0.2) is 29.8 Å². The monoisotopic (exact) mass is 276 g/mol. The summed E-state index contributed by atoms with van der Waals surface area (Å²) in [5.74, 6) is 0.407. The van der Waals surface area contributed by atoms with Crippen molar-refractivity contribution in [3.63, 3.8) is 0 Å². The van der Waals surface area contributed by atoms with Gasteiger partial charge in [-0.25, -0.2) is 0 Å². The lowest BCUT2D eigenvalue weighted by molar-refractivity contribution is -0.130. The Morgan fingerprint density at radius 2 is 1.85 bits per heavy atom. The Kier molecular flexibility index (Phi) is 6.77. The highest BCUT2D eigenvalue weighted by molar-refractivity contribution is 5.78. The standard InChI is InChI=1S/C16H24N2O2/c1-13(2)12-18(14(3)19)10-9-16(20)17-11-15-7-5-4-6-8-15/h4-8,13H,9-12H2,1-3H3,(H,17,20). The molecular formula is C16H24N2O2. The minimum Gasteiger partial charge on any atom is -0.352 e. The number of carbonyl (C=O) groups excluding carboxylic acids is 2. The van der Waals surface area contributed by atoms with Gasteiger partial charge in [0.1, 0.15) is 0 Å². The zero-order valence-corrected chi connectivity index (χ0v) is 12.6. The molecule has 0 atom stereocenters. The van der Waals surface area contributed by atoms with E-state index < -0.39 is 0 Å². The van der Waals surface area contributed by atoms with Crippen molar-refractivity contribution in [2.45, 2.75) is 33.7 Å². The van der Waals surface area contributed by atoms with Crippen LogP contribution in [0.3, 0.4) is 0 Å². The first-order chi connectivity index (χ1) is 9.49. The summed E-state index contributed by atoms with van der Waals surface area (Å²) in [6.07, 6.45) is 0.346. The molecule has 1 aromatic rings. The number of benzene rings is 1. The topological polar surface area (TPSA) is 49.4 Å². The van der Waals surface area contributed by atoms with Gasteiger partial charge in [-0.1, -0.05) is 44.2 Å². The first kappa shape index (κ1) is 16.2. The maximum absolute atomic E-state index is 11.8. The number of hydrogen-bond acceptors (Lipinski definition) is 2. The molecule has 0 saturated heterocycles. The van der Waals surface area contributed by atoms with Crippen molar-refractivity contribution in [2.24, 2.45) is 5.92 Å². The van der Waals surface area contributed by atoms with Gasteiger partial charge < -0.3 is 10.2 Å². The second-order valence-electron chi connectivity index (χ2n) is 5.37. The van der Waals surface area contributed by atoms with Gasteiger partial charge in [0.05, 0.1) is 0 Å². The molecule has 0 aliphatic heterocycles. The fraction of sp³-hybridized carbons (Fsp3) is 0.500. The van der Waals surface area contributed by atoms with Crippen molar-refractivity contribution in [3.05, 3.63) is 35.9 Å². The van der Waals surface area contributed by atoms with E-state index in [1.807, 2.05) is 30.3 Å². The van der Waals surface area contributed by atoms with Crippen LogP contribution in [0.2, 0.25) is 0 Å². The minimum absolute atomic E-state index is 0.0227. The number of nitrogens with one attached hydrogen (secondary N) is 1. The highest BCUT2D eigenvalue weighted by Gasteiger charge is 2.12. The molecule has 0 heterocycles. The van der Waals surface area contributed by atoms with Gasteiger partial charge in [-0.2, -0.15) is 0 Å². The molecule has 0 aliphatic rings. The number of hydrogen-bond donors (Lipinski definition) is 1. The van der Waals surface area contributed by atoms with Crippen LogP contribution in [0.25, 0.3) is 0 Å². The van der Waals surface area contributed by atoms with Crippen LogP contribution < -0.4 is 5.32 Å². The smallest absolute Gasteiger partial charge is 0.222 e. The summed E-state index contributed by atoms with van der Waals surface area (Å²) < 4.78 is 0. The van der Waals surface area contributed by atoms with Crippen LogP contribution in [0.5, 0.6) is 0 Å². The molecule has 4 heteroatoms. The highest BCUT2D eigenvalue weighted by Crippen LogP contribution is 2.01. The van der Waals surface area contributed by atoms with Gasteiger partial charge in [-0.3, -0.25) is 9.59 Å². The van der Waals surface area contributed by atoms with Crippen LogP contribution >= 0.6 is 0 Å². The first-order valence-electron chi connectivity index (χ1n) is 7.05. The van der Waals surface area contributed by atoms with E-state index in [2.05, 4.69) is 19.2 Å². The molecule has 1 N–H and O–H groups in total. The second-order valence-corrected chi connectivity index (χ2v) is 5.37. The van der Waals surface area contributed by atoms with E-state index in [0.29, 0.717) is 32.0 Å². The Morgan fingerprint density at radius 3 is 2.40 bits per heavy atom. The zero-order valence-electron chi connectivity index (χ0n) is 12.6. The lowest BCUT2D eigenvalue weighted by atomic mass is 10.2. The van der Waals surface area contributed by atoms with Gasteiger partial charge in [0.15, 0.2) is 0 Å². The SMILES string of the molecule is CC(=O)N(CCC(=O)NCc1ccccc1)CC(C)C. The van der Waals surface area contributed by atoms with Crippen molar-refractivity contribution < 1.29 is 9.59 Å². The summed E-state index contributed by atoms with van der Waals surface area (Å²) in [4.78, 5) is 25.0. The summed E-state index contributed by atoms with van der Waals surface area (Å²) >= 11 is 0. The maximum Gasteiger partial charge on any atom is 0.222 e. The lowest BCUT2D eigenvalue weighted by Gasteiger charge is -2.22. The molecule has 0 unspecified atom stereocenters. The van der Waals surface area contributed by atoms with Gasteiger partial charge in [0, 0.05) is 33.0 Å². The van der Waals surface area contributed by atoms with E-state index >= 15 is 0 Å². The Bertz CT molecular complexity index is 429. The first-order valence-corrected chi connectivity index (χ1v) is 7.05. The summed E-state index contributed by atoms with van der Waals surface area (Å²) in [6, 6.07) is 9.78. The molecule has 1 aromatic carbocycles. The van der Waals surface area contributed by atoms with Crippen molar-refractivity contribution in [2.75, 3.05) is 13.1 Å². The predicted octanol–water partition coefficient (Wildman–Crippen LogP) is 2.20. The molecule has 0 aliphatic carbocycles. The molecule has 0 spiro atoms. The molecule has 110 valence electrons. The Balaban J connectivity index is 2.32. The van der Waals surface area contributed by atoms with Crippen LogP contribution in [0.1, 0.15) is 32.8 Å². The van der Waals surface area contributed by atoms with Crippen LogP contribution in [0, 0.1) is 5.92 Å². The van der Waals surface area contributed by atoms with Crippen molar-refractivity contribution in [1.82, 2.24) is 10.2 Å². The fourth-order valence-electron chi connectivity index (χ4n) is 1.94. The molecule has 0 fully saturated rings. The summed E-state index contributed by atoms with van der Waals surface area (Å²) in [7, 11) is 0. The molecule has 2 amide bonds. The van der Waals surface area contributed by atoms with E-state index in [1.165, 1.54) is 0 Å². The van der Waals surface area contributed by atoms with Gasteiger partial charge in [0.2, 0.25) is 11.8 Å². The summed E-state index contributed by atoms with van der Waals surface area (Å²) in [5.41, 5.74) is 1.08. The Morgan fingerprint density at radius 1 is 1.20 bits per heavy atom. The van der Waals surface area contributed by atoms with E-state index in [9.17, 15) is 9.59 Å². The van der Waals surface area contributed by atoms with Crippen molar-refractivity contribution >= 4 is 11.8 Å². The summed E-state index contributed by atoms with van der Waals surface area (Å²) in [5, 5.41) is 2.87. The van der Waals surface area contributed by atoms with E-state index in [4.69, 9.17) is 0 Å². The molecule has 4 nitrogen and oxygen atoms in total. The van der Waals surface area contributed by atoms with Crippen LogP contribution in [-0.2, 0) is 16.1 Å². The average molecular weight is 276 g/mol. The van der Waals surface area contributed by atoms with Crippen molar-refractivity contribution in [1.29, 1.82) is 0 Å². The molecule has 1 rings (SSSR count). The van der Waals surface area contributed by atoms with Crippen molar-refractivity contribution in [3.8, 4) is 0 Å². The van der Waals surface area contributed by atoms with Crippen LogP contribution in [0.15, 0.2) is 30.3 Å². The summed E-state index contributed by atoms with van der Waals surface area (Å²) in [6.45, 7) is 7.38. The van der Waals surface area contributed by atoms with Crippen LogP contribution in [0.4, 0.5) is 0 Å². The minimum atomic E-state index is -0.0242. The third-order valence-corrected chi connectivity index (χ3v) is 2.97. The molecule has 0 saturated carbocycles. The molecular weight excluding hydrogens is 252 g/mol. The molecule has 20 heavy (non-hydrogen) atoms. The Hall–Kier alpha value is -1.84.